The lowest BCUT2D eigenvalue weighted by atomic mass is 9.98. The molecule has 140 valence electrons. The number of ether oxygens (including phenoxy) is 3. The van der Waals surface area contributed by atoms with Gasteiger partial charge in [-0.15, -0.1) is 0 Å². The average molecular weight is 367 g/mol. The van der Waals surface area contributed by atoms with Gasteiger partial charge in [-0.1, -0.05) is 26.8 Å². The summed E-state index contributed by atoms with van der Waals surface area (Å²) in [6.45, 7) is 11.6. The van der Waals surface area contributed by atoms with Crippen molar-refractivity contribution in [2.45, 2.75) is 70.0 Å². The second-order valence-electron chi connectivity index (χ2n) is 6.88. The number of thioether (sulfide) groups is 1. The van der Waals surface area contributed by atoms with Crippen LogP contribution in [-0.2, 0) is 9.53 Å². The van der Waals surface area contributed by atoms with Crippen molar-refractivity contribution in [2.75, 3.05) is 13.2 Å². The largest absolute Gasteiger partial charge is 0.492 e. The molecule has 4 nitrogen and oxygen atoms in total. The molecule has 3 atom stereocenters. The van der Waals surface area contributed by atoms with Crippen molar-refractivity contribution in [1.29, 1.82) is 0 Å². The first-order valence-electron chi connectivity index (χ1n) is 9.13. The number of carbonyl (C=O) groups is 1. The Labute approximate surface area is 155 Å². The SMILES string of the molecule is CCOC(=O)CC1COc2cc(O[C@H](C)CC(C)SC(C)C)ccc21. The third-order valence-electron chi connectivity index (χ3n) is 4.09. The number of benzene rings is 1. The summed E-state index contributed by atoms with van der Waals surface area (Å²) in [6, 6.07) is 5.93. The van der Waals surface area contributed by atoms with Gasteiger partial charge in [0.25, 0.3) is 0 Å². The smallest absolute Gasteiger partial charge is 0.306 e. The molecule has 25 heavy (non-hydrogen) atoms. The van der Waals surface area contributed by atoms with Crippen molar-refractivity contribution in [1.82, 2.24) is 0 Å². The minimum absolute atomic E-state index is 0.0722. The Balaban J connectivity index is 1.92. The Hall–Kier alpha value is -1.36. The van der Waals surface area contributed by atoms with E-state index in [9.17, 15) is 4.79 Å². The molecule has 0 aliphatic carbocycles. The summed E-state index contributed by atoms with van der Waals surface area (Å²) in [4.78, 5) is 11.7. The maximum atomic E-state index is 11.7. The number of hydrogen-bond donors (Lipinski definition) is 0. The van der Waals surface area contributed by atoms with Crippen molar-refractivity contribution >= 4 is 17.7 Å². The molecule has 1 aromatic carbocycles. The molecule has 0 radical (unpaired) electrons. The van der Waals surface area contributed by atoms with Crippen molar-refractivity contribution in [3.8, 4) is 11.5 Å². The molecule has 5 heteroatoms. The Morgan fingerprint density at radius 1 is 1.32 bits per heavy atom. The molecule has 0 spiro atoms. The van der Waals surface area contributed by atoms with Gasteiger partial charge in [0, 0.05) is 22.8 Å². The van der Waals surface area contributed by atoms with Crippen molar-refractivity contribution in [2.24, 2.45) is 0 Å². The van der Waals surface area contributed by atoms with Crippen LogP contribution in [0.1, 0.15) is 58.9 Å². The fourth-order valence-corrected chi connectivity index (χ4v) is 4.50. The summed E-state index contributed by atoms with van der Waals surface area (Å²) in [7, 11) is 0. The molecule has 1 aromatic rings. The predicted molar refractivity (Wildman–Crippen MR) is 103 cm³/mol. The molecular formula is C20H30O4S. The van der Waals surface area contributed by atoms with Crippen LogP contribution in [0, 0.1) is 0 Å². The van der Waals surface area contributed by atoms with Crippen LogP contribution >= 0.6 is 11.8 Å². The molecule has 2 unspecified atom stereocenters. The molecule has 0 saturated heterocycles. The maximum Gasteiger partial charge on any atom is 0.306 e. The maximum absolute atomic E-state index is 11.7. The van der Waals surface area contributed by atoms with Crippen molar-refractivity contribution < 1.29 is 19.0 Å². The highest BCUT2D eigenvalue weighted by Crippen LogP contribution is 2.38. The lowest BCUT2D eigenvalue weighted by Crippen LogP contribution is -2.18. The van der Waals surface area contributed by atoms with Crippen LogP contribution in [-0.4, -0.2) is 35.8 Å². The molecule has 1 aliphatic heterocycles. The molecule has 0 fully saturated rings. The monoisotopic (exact) mass is 366 g/mol. The van der Waals surface area contributed by atoms with E-state index in [4.69, 9.17) is 14.2 Å². The third kappa shape index (κ3) is 6.14. The molecular weight excluding hydrogens is 336 g/mol. The summed E-state index contributed by atoms with van der Waals surface area (Å²) in [6.07, 6.45) is 1.52. The van der Waals surface area contributed by atoms with E-state index in [2.05, 4.69) is 27.7 Å². The van der Waals surface area contributed by atoms with Crippen LogP contribution in [0.25, 0.3) is 0 Å². The van der Waals surface area contributed by atoms with Gasteiger partial charge in [-0.2, -0.15) is 11.8 Å². The normalized spacial score (nSPS) is 18.4. The van der Waals surface area contributed by atoms with Gasteiger partial charge in [0.1, 0.15) is 11.5 Å². The summed E-state index contributed by atoms with van der Waals surface area (Å²) in [5, 5.41) is 1.20. The van der Waals surface area contributed by atoms with E-state index < -0.39 is 0 Å². The zero-order valence-corrected chi connectivity index (χ0v) is 16.7. The number of fused-ring (bicyclic) bond motifs is 1. The molecule has 0 bridgehead atoms. The van der Waals surface area contributed by atoms with Gasteiger partial charge in [-0.25, -0.2) is 0 Å². The van der Waals surface area contributed by atoms with E-state index in [0.717, 1.165) is 23.5 Å². The number of carbonyl (C=O) groups excluding carboxylic acids is 1. The first-order valence-corrected chi connectivity index (χ1v) is 10.1. The van der Waals surface area contributed by atoms with Crippen LogP contribution < -0.4 is 9.47 Å². The molecule has 0 saturated carbocycles. The third-order valence-corrected chi connectivity index (χ3v) is 5.29. The Bertz CT molecular complexity index is 573. The van der Waals surface area contributed by atoms with Gasteiger partial charge in [0.15, 0.2) is 0 Å². The number of hydrogen-bond acceptors (Lipinski definition) is 5. The Morgan fingerprint density at radius 3 is 2.76 bits per heavy atom. The fourth-order valence-electron chi connectivity index (χ4n) is 3.19. The molecule has 2 rings (SSSR count). The topological polar surface area (TPSA) is 44.8 Å². The fraction of sp³-hybridized carbons (Fsp3) is 0.650. The Kier molecular flexibility index (Phi) is 7.48. The first kappa shape index (κ1) is 20.0. The highest BCUT2D eigenvalue weighted by Gasteiger charge is 2.27. The quantitative estimate of drug-likeness (QED) is 0.587. The molecule has 1 aliphatic rings. The lowest BCUT2D eigenvalue weighted by Gasteiger charge is -2.20. The van der Waals surface area contributed by atoms with E-state index in [0.29, 0.717) is 30.1 Å². The van der Waals surface area contributed by atoms with Gasteiger partial charge in [0.2, 0.25) is 0 Å². The average Bonchev–Trinajstić information content (AvgIpc) is 2.88. The van der Waals surface area contributed by atoms with Crippen LogP contribution in [0.3, 0.4) is 0 Å². The second kappa shape index (κ2) is 9.37. The lowest BCUT2D eigenvalue weighted by molar-refractivity contribution is -0.143. The highest BCUT2D eigenvalue weighted by atomic mass is 32.2. The van der Waals surface area contributed by atoms with E-state index >= 15 is 0 Å². The molecule has 0 amide bonds. The zero-order chi connectivity index (χ0) is 18.4. The summed E-state index contributed by atoms with van der Waals surface area (Å²) in [5.74, 6) is 1.55. The van der Waals surface area contributed by atoms with E-state index in [1.54, 1.807) is 0 Å². The zero-order valence-electron chi connectivity index (χ0n) is 15.9. The van der Waals surface area contributed by atoms with Crippen LogP contribution in [0.4, 0.5) is 0 Å². The standard InChI is InChI=1S/C20H30O4S/c1-6-22-20(21)10-16-12-23-19-11-17(7-8-18(16)19)24-14(4)9-15(5)25-13(2)3/h7-8,11,13-16H,6,9-10,12H2,1-5H3/t14-,15?,16?/m1/s1. The minimum atomic E-state index is -0.172. The van der Waals surface area contributed by atoms with E-state index in [1.807, 2.05) is 36.9 Å². The summed E-state index contributed by atoms with van der Waals surface area (Å²) in [5.41, 5.74) is 1.07. The van der Waals surface area contributed by atoms with Gasteiger partial charge < -0.3 is 14.2 Å². The highest BCUT2D eigenvalue weighted by molar-refractivity contribution is 8.00. The van der Waals surface area contributed by atoms with E-state index in [1.165, 1.54) is 0 Å². The van der Waals surface area contributed by atoms with Gasteiger partial charge in [0.05, 0.1) is 25.7 Å². The van der Waals surface area contributed by atoms with Crippen LogP contribution in [0.5, 0.6) is 11.5 Å². The van der Waals surface area contributed by atoms with Gasteiger partial charge in [-0.3, -0.25) is 4.79 Å². The molecule has 0 N–H and O–H groups in total. The summed E-state index contributed by atoms with van der Waals surface area (Å²) < 4.78 is 16.9. The minimum Gasteiger partial charge on any atom is -0.492 e. The molecule has 1 heterocycles. The van der Waals surface area contributed by atoms with Crippen molar-refractivity contribution in [3.63, 3.8) is 0 Å². The molecule has 0 aromatic heterocycles. The second-order valence-corrected chi connectivity index (χ2v) is 8.90. The van der Waals surface area contributed by atoms with Gasteiger partial charge >= 0.3 is 5.97 Å². The van der Waals surface area contributed by atoms with Crippen LogP contribution in [0.15, 0.2) is 18.2 Å². The summed E-state index contributed by atoms with van der Waals surface area (Å²) >= 11 is 1.97. The number of esters is 1. The van der Waals surface area contributed by atoms with Crippen LogP contribution in [0.2, 0.25) is 0 Å². The van der Waals surface area contributed by atoms with Gasteiger partial charge in [-0.05, 0) is 31.6 Å². The Morgan fingerprint density at radius 2 is 2.08 bits per heavy atom. The predicted octanol–water partition coefficient (Wildman–Crippen LogP) is 4.80. The van der Waals surface area contributed by atoms with Crippen molar-refractivity contribution in [3.05, 3.63) is 23.8 Å². The van der Waals surface area contributed by atoms with E-state index in [-0.39, 0.29) is 18.0 Å². The number of rotatable bonds is 9. The first-order chi connectivity index (χ1) is 11.9.